The fraction of sp³-hybridized carbons (Fsp3) is 0.714. The van der Waals surface area contributed by atoms with Crippen LogP contribution in [0.3, 0.4) is 0 Å². The summed E-state index contributed by atoms with van der Waals surface area (Å²) in [6, 6.07) is 0.198. The zero-order valence-corrected chi connectivity index (χ0v) is 11.9. The van der Waals surface area contributed by atoms with Gasteiger partial charge in [-0.25, -0.2) is 4.98 Å². The van der Waals surface area contributed by atoms with Crippen LogP contribution in [-0.2, 0) is 11.3 Å². The molecule has 0 aromatic carbocycles. The third-order valence-electron chi connectivity index (χ3n) is 4.80. The zero-order valence-electron chi connectivity index (χ0n) is 11.9. The van der Waals surface area contributed by atoms with Gasteiger partial charge >= 0.3 is 0 Å². The van der Waals surface area contributed by atoms with Crippen LogP contribution in [0.25, 0.3) is 0 Å². The fourth-order valence-electron chi connectivity index (χ4n) is 3.01. The van der Waals surface area contributed by atoms with Crippen LogP contribution in [-0.4, -0.2) is 21.9 Å². The van der Waals surface area contributed by atoms with Crippen LogP contribution >= 0.6 is 0 Å². The number of hydrogen-bond donors (Lipinski definition) is 3. The molecule has 1 aromatic heterocycles. The van der Waals surface area contributed by atoms with Gasteiger partial charge in [-0.3, -0.25) is 4.79 Å². The predicted octanol–water partition coefficient (Wildman–Crippen LogP) is 1.43. The van der Waals surface area contributed by atoms with E-state index in [1.54, 1.807) is 12.4 Å². The van der Waals surface area contributed by atoms with Crippen LogP contribution in [0.2, 0.25) is 0 Å². The minimum atomic E-state index is -0.0646. The van der Waals surface area contributed by atoms with E-state index in [-0.39, 0.29) is 23.3 Å². The van der Waals surface area contributed by atoms with Gasteiger partial charge in [0.1, 0.15) is 5.82 Å². The molecule has 1 aromatic rings. The van der Waals surface area contributed by atoms with Gasteiger partial charge in [-0.15, -0.1) is 0 Å². The number of aromatic nitrogens is 2. The molecule has 1 heterocycles. The monoisotopic (exact) mass is 264 g/mol. The highest BCUT2D eigenvalue weighted by Gasteiger charge is 2.44. The number of nitrogens with zero attached hydrogens (tertiary/aromatic N) is 1. The van der Waals surface area contributed by atoms with Crippen molar-refractivity contribution in [3.63, 3.8) is 0 Å². The number of nitrogens with two attached hydrogens (primary N) is 1. The Morgan fingerprint density at radius 1 is 1.58 bits per heavy atom. The summed E-state index contributed by atoms with van der Waals surface area (Å²) in [6.45, 7) is 6.90. The zero-order chi connectivity index (χ0) is 14.0. The van der Waals surface area contributed by atoms with Gasteiger partial charge in [0.2, 0.25) is 5.91 Å². The van der Waals surface area contributed by atoms with E-state index in [2.05, 4.69) is 36.1 Å². The average molecular weight is 264 g/mol. The summed E-state index contributed by atoms with van der Waals surface area (Å²) in [4.78, 5) is 19.5. The quantitative estimate of drug-likeness (QED) is 0.772. The Bertz CT molecular complexity index is 427. The molecule has 1 amide bonds. The lowest BCUT2D eigenvalue weighted by Crippen LogP contribution is -2.51. The summed E-state index contributed by atoms with van der Waals surface area (Å²) in [5.41, 5.74) is 6.06. The second-order valence-electron chi connectivity index (χ2n) is 6.16. The van der Waals surface area contributed by atoms with E-state index >= 15 is 0 Å². The third kappa shape index (κ3) is 2.81. The van der Waals surface area contributed by atoms with Gasteiger partial charge in [0.15, 0.2) is 0 Å². The minimum Gasteiger partial charge on any atom is -0.349 e. The van der Waals surface area contributed by atoms with Crippen molar-refractivity contribution in [2.75, 3.05) is 0 Å². The summed E-state index contributed by atoms with van der Waals surface area (Å²) < 4.78 is 0. The largest absolute Gasteiger partial charge is 0.349 e. The summed E-state index contributed by atoms with van der Waals surface area (Å²) >= 11 is 0. The van der Waals surface area contributed by atoms with Crippen molar-refractivity contribution in [3.05, 3.63) is 18.2 Å². The Morgan fingerprint density at radius 3 is 2.95 bits per heavy atom. The smallest absolute Gasteiger partial charge is 0.224 e. The number of nitrogens with one attached hydrogen (secondary N) is 2. The number of rotatable bonds is 3. The lowest BCUT2D eigenvalue weighted by Gasteiger charge is -2.46. The molecule has 0 saturated heterocycles. The topological polar surface area (TPSA) is 83.8 Å². The molecule has 1 aliphatic carbocycles. The van der Waals surface area contributed by atoms with Gasteiger partial charge in [0.25, 0.3) is 0 Å². The first-order valence-electron chi connectivity index (χ1n) is 6.94. The lowest BCUT2D eigenvalue weighted by molar-refractivity contribution is -0.132. The van der Waals surface area contributed by atoms with E-state index in [9.17, 15) is 4.79 Å². The minimum absolute atomic E-state index is 0.0252. The maximum atomic E-state index is 12.4. The molecular formula is C14H24N4O. The van der Waals surface area contributed by atoms with E-state index in [4.69, 9.17) is 5.73 Å². The SMILES string of the molecule is CC1C(N)CCC(C(=O)NCc2ncc[nH]2)C1(C)C. The highest BCUT2D eigenvalue weighted by molar-refractivity contribution is 5.79. The molecule has 5 nitrogen and oxygen atoms in total. The molecule has 1 aliphatic rings. The first kappa shape index (κ1) is 14.1. The molecule has 4 N–H and O–H groups in total. The van der Waals surface area contributed by atoms with Crippen LogP contribution in [0.5, 0.6) is 0 Å². The molecule has 1 fully saturated rings. The van der Waals surface area contributed by atoms with E-state index in [1.807, 2.05) is 0 Å². The Hall–Kier alpha value is -1.36. The molecule has 5 heteroatoms. The van der Waals surface area contributed by atoms with Crippen molar-refractivity contribution < 1.29 is 4.79 Å². The molecule has 2 rings (SSSR count). The molecule has 0 bridgehead atoms. The number of H-pyrrole nitrogens is 1. The fourth-order valence-corrected chi connectivity index (χ4v) is 3.01. The number of imidazole rings is 1. The van der Waals surface area contributed by atoms with Gasteiger partial charge in [-0.1, -0.05) is 20.8 Å². The molecule has 106 valence electrons. The lowest BCUT2D eigenvalue weighted by atomic mass is 9.61. The highest BCUT2D eigenvalue weighted by atomic mass is 16.1. The van der Waals surface area contributed by atoms with Crippen LogP contribution in [0.15, 0.2) is 12.4 Å². The van der Waals surface area contributed by atoms with Crippen molar-refractivity contribution in [2.45, 2.75) is 46.2 Å². The number of hydrogen-bond acceptors (Lipinski definition) is 3. The van der Waals surface area contributed by atoms with Gasteiger partial charge in [-0.05, 0) is 24.2 Å². The average Bonchev–Trinajstić information content (AvgIpc) is 2.86. The molecule has 1 saturated carbocycles. The molecule has 3 atom stereocenters. The number of amides is 1. The van der Waals surface area contributed by atoms with Gasteiger partial charge in [0, 0.05) is 24.4 Å². The second kappa shape index (κ2) is 5.33. The van der Waals surface area contributed by atoms with Crippen LogP contribution < -0.4 is 11.1 Å². The van der Waals surface area contributed by atoms with Crippen LogP contribution in [0.4, 0.5) is 0 Å². The molecular weight excluding hydrogens is 240 g/mol. The Kier molecular flexibility index (Phi) is 3.94. The van der Waals surface area contributed by atoms with Gasteiger partial charge in [0.05, 0.1) is 6.54 Å². The molecule has 19 heavy (non-hydrogen) atoms. The van der Waals surface area contributed by atoms with Crippen LogP contribution in [0, 0.1) is 17.3 Å². The van der Waals surface area contributed by atoms with Crippen molar-refractivity contribution in [1.82, 2.24) is 15.3 Å². The van der Waals surface area contributed by atoms with Crippen LogP contribution in [0.1, 0.15) is 39.4 Å². The Morgan fingerprint density at radius 2 is 2.32 bits per heavy atom. The summed E-state index contributed by atoms with van der Waals surface area (Å²) in [6.07, 6.45) is 5.23. The summed E-state index contributed by atoms with van der Waals surface area (Å²) in [7, 11) is 0. The maximum absolute atomic E-state index is 12.4. The van der Waals surface area contributed by atoms with E-state index in [0.29, 0.717) is 12.5 Å². The van der Waals surface area contributed by atoms with Crippen molar-refractivity contribution >= 4 is 5.91 Å². The summed E-state index contributed by atoms with van der Waals surface area (Å²) in [5.74, 6) is 1.27. The van der Waals surface area contributed by atoms with Crippen molar-refractivity contribution in [2.24, 2.45) is 23.0 Å². The first-order chi connectivity index (χ1) is 8.93. The van der Waals surface area contributed by atoms with E-state index in [0.717, 1.165) is 18.7 Å². The standard InChI is InChI=1S/C14H24N4O/c1-9-11(15)5-4-10(14(9,2)3)13(19)18-8-12-16-6-7-17-12/h6-7,9-11H,4-5,8,15H2,1-3H3,(H,16,17)(H,18,19). The maximum Gasteiger partial charge on any atom is 0.224 e. The highest BCUT2D eigenvalue weighted by Crippen LogP contribution is 2.44. The number of aromatic amines is 1. The van der Waals surface area contributed by atoms with E-state index < -0.39 is 0 Å². The third-order valence-corrected chi connectivity index (χ3v) is 4.80. The Labute approximate surface area is 114 Å². The van der Waals surface area contributed by atoms with Crippen molar-refractivity contribution in [3.8, 4) is 0 Å². The number of carbonyl (C=O) groups excluding carboxylic acids is 1. The van der Waals surface area contributed by atoms with Crippen molar-refractivity contribution in [1.29, 1.82) is 0 Å². The normalized spacial score (nSPS) is 30.0. The molecule has 3 unspecified atom stereocenters. The second-order valence-corrected chi connectivity index (χ2v) is 6.16. The van der Waals surface area contributed by atoms with Gasteiger partial charge < -0.3 is 16.0 Å². The van der Waals surface area contributed by atoms with Gasteiger partial charge in [-0.2, -0.15) is 0 Å². The predicted molar refractivity (Wildman–Crippen MR) is 74.1 cm³/mol. The summed E-state index contributed by atoms with van der Waals surface area (Å²) in [5, 5.41) is 2.97. The first-order valence-corrected chi connectivity index (χ1v) is 6.94. The molecule has 0 radical (unpaired) electrons. The van der Waals surface area contributed by atoms with E-state index in [1.165, 1.54) is 0 Å². The number of carbonyl (C=O) groups is 1. The molecule has 0 spiro atoms. The molecule has 0 aliphatic heterocycles. The Balaban J connectivity index is 1.98.